The fourth-order valence-electron chi connectivity index (χ4n) is 3.69. The van der Waals surface area contributed by atoms with Gasteiger partial charge in [-0.15, -0.1) is 5.10 Å². The van der Waals surface area contributed by atoms with Crippen molar-refractivity contribution in [1.29, 1.82) is 0 Å². The van der Waals surface area contributed by atoms with Gasteiger partial charge in [0.2, 0.25) is 0 Å². The van der Waals surface area contributed by atoms with E-state index in [4.69, 9.17) is 9.47 Å². The van der Waals surface area contributed by atoms with Gasteiger partial charge in [0.15, 0.2) is 5.82 Å². The van der Waals surface area contributed by atoms with Crippen molar-refractivity contribution in [2.75, 3.05) is 51.9 Å². The van der Waals surface area contributed by atoms with Gasteiger partial charge in [0.05, 0.1) is 26.3 Å². The van der Waals surface area contributed by atoms with E-state index in [0.717, 1.165) is 37.8 Å². The Morgan fingerprint density at radius 2 is 1.74 bits per heavy atom. The number of ether oxygens (including phenoxy) is 2. The Bertz CT molecular complexity index is 694. The number of benzene rings is 1. The number of hydrogen-bond donors (Lipinski definition) is 0. The van der Waals surface area contributed by atoms with Gasteiger partial charge in [-0.3, -0.25) is 4.90 Å². The van der Waals surface area contributed by atoms with Crippen LogP contribution >= 0.6 is 0 Å². The minimum atomic E-state index is 0.204. The summed E-state index contributed by atoms with van der Waals surface area (Å²) in [6.07, 6.45) is 0. The first-order valence-corrected chi connectivity index (χ1v) is 9.52. The number of tetrazole rings is 1. The van der Waals surface area contributed by atoms with Crippen molar-refractivity contribution in [1.82, 2.24) is 25.1 Å². The summed E-state index contributed by atoms with van der Waals surface area (Å²) in [5.74, 6) is 2.24. The van der Waals surface area contributed by atoms with E-state index in [2.05, 4.69) is 51.3 Å². The van der Waals surface area contributed by atoms with Gasteiger partial charge in [-0.05, 0) is 40.6 Å². The molecule has 0 radical (unpaired) electrons. The summed E-state index contributed by atoms with van der Waals surface area (Å²) in [6, 6.07) is 8.49. The largest absolute Gasteiger partial charge is 0.497 e. The molecular formula is C19H30N6O2. The Kier molecular flexibility index (Phi) is 6.63. The van der Waals surface area contributed by atoms with Crippen LogP contribution in [0.4, 0.5) is 5.69 Å². The van der Waals surface area contributed by atoms with E-state index in [1.165, 1.54) is 5.69 Å². The first-order valence-electron chi connectivity index (χ1n) is 9.52. The van der Waals surface area contributed by atoms with Crippen LogP contribution in [-0.4, -0.2) is 72.1 Å². The average molecular weight is 374 g/mol. The van der Waals surface area contributed by atoms with Gasteiger partial charge in [-0.1, -0.05) is 13.8 Å². The molecule has 1 aromatic carbocycles. The summed E-state index contributed by atoms with van der Waals surface area (Å²) in [5, 5.41) is 12.4. The lowest BCUT2D eigenvalue weighted by atomic mass is 10.0. The molecule has 1 saturated heterocycles. The van der Waals surface area contributed by atoms with E-state index in [1.807, 2.05) is 16.8 Å². The molecule has 0 unspecified atom stereocenters. The lowest BCUT2D eigenvalue weighted by molar-refractivity contribution is 0.129. The van der Waals surface area contributed by atoms with Crippen molar-refractivity contribution in [3.8, 4) is 5.75 Å². The number of rotatable bonds is 8. The Labute approximate surface area is 161 Å². The summed E-state index contributed by atoms with van der Waals surface area (Å²) in [4.78, 5) is 4.92. The molecular weight excluding hydrogens is 344 g/mol. The monoisotopic (exact) mass is 374 g/mol. The fourth-order valence-corrected chi connectivity index (χ4v) is 3.69. The SMILES string of the molecule is COCCn1nnnc1[C@@H](C(C)C)N1CCN(c2ccc(OC)cc2)CC1. The highest BCUT2D eigenvalue weighted by Gasteiger charge is 2.31. The zero-order valence-corrected chi connectivity index (χ0v) is 16.7. The quantitative estimate of drug-likeness (QED) is 0.698. The Morgan fingerprint density at radius 1 is 1.04 bits per heavy atom. The molecule has 2 aromatic rings. The van der Waals surface area contributed by atoms with E-state index < -0.39 is 0 Å². The molecule has 8 nitrogen and oxygen atoms in total. The first-order chi connectivity index (χ1) is 13.1. The molecule has 0 spiro atoms. The molecule has 0 N–H and O–H groups in total. The van der Waals surface area contributed by atoms with Crippen LogP contribution in [-0.2, 0) is 11.3 Å². The van der Waals surface area contributed by atoms with Crippen molar-refractivity contribution < 1.29 is 9.47 Å². The van der Waals surface area contributed by atoms with Crippen LogP contribution in [0.15, 0.2) is 24.3 Å². The second-order valence-electron chi connectivity index (χ2n) is 7.16. The molecule has 0 aliphatic carbocycles. The lowest BCUT2D eigenvalue weighted by Gasteiger charge is -2.41. The van der Waals surface area contributed by atoms with E-state index in [1.54, 1.807) is 14.2 Å². The molecule has 1 atom stereocenters. The molecule has 0 saturated carbocycles. The van der Waals surface area contributed by atoms with Crippen molar-refractivity contribution in [3.05, 3.63) is 30.1 Å². The van der Waals surface area contributed by atoms with Crippen LogP contribution < -0.4 is 9.64 Å². The number of nitrogens with zero attached hydrogens (tertiary/aromatic N) is 6. The summed E-state index contributed by atoms with van der Waals surface area (Å²) in [6.45, 7) is 9.66. The Hall–Kier alpha value is -2.19. The third-order valence-corrected chi connectivity index (χ3v) is 5.11. The molecule has 1 aromatic heterocycles. The van der Waals surface area contributed by atoms with E-state index in [-0.39, 0.29) is 6.04 Å². The van der Waals surface area contributed by atoms with Gasteiger partial charge >= 0.3 is 0 Å². The van der Waals surface area contributed by atoms with Crippen LogP contribution in [0.3, 0.4) is 0 Å². The van der Waals surface area contributed by atoms with Gasteiger partial charge in [0, 0.05) is 39.0 Å². The van der Waals surface area contributed by atoms with E-state index in [0.29, 0.717) is 19.1 Å². The normalized spacial score (nSPS) is 16.7. The third-order valence-electron chi connectivity index (χ3n) is 5.11. The maximum atomic E-state index is 5.26. The van der Waals surface area contributed by atoms with Gasteiger partial charge in [0.1, 0.15) is 5.75 Å². The first kappa shape index (κ1) is 19.6. The number of aromatic nitrogens is 4. The summed E-state index contributed by atoms with van der Waals surface area (Å²) in [5.41, 5.74) is 1.24. The van der Waals surface area contributed by atoms with Crippen molar-refractivity contribution in [2.24, 2.45) is 5.92 Å². The molecule has 27 heavy (non-hydrogen) atoms. The molecule has 1 aliphatic rings. The van der Waals surface area contributed by atoms with Gasteiger partial charge in [-0.2, -0.15) is 0 Å². The maximum absolute atomic E-state index is 5.26. The third kappa shape index (κ3) is 4.56. The highest BCUT2D eigenvalue weighted by molar-refractivity contribution is 5.49. The molecule has 3 rings (SSSR count). The standard InChI is InChI=1S/C19H30N6O2/c1-15(2)18(19-20-21-22-25(19)13-14-26-3)24-11-9-23(10-12-24)16-5-7-17(27-4)8-6-16/h5-8,15,18H,9-14H2,1-4H3/t18-/m1/s1. The molecule has 148 valence electrons. The molecule has 1 fully saturated rings. The number of methoxy groups -OCH3 is 2. The smallest absolute Gasteiger partial charge is 0.168 e. The summed E-state index contributed by atoms with van der Waals surface area (Å²) >= 11 is 0. The molecule has 0 bridgehead atoms. The predicted octanol–water partition coefficient (Wildman–Crippen LogP) is 1.85. The van der Waals surface area contributed by atoms with Crippen LogP contribution in [0, 0.1) is 5.92 Å². The molecule has 2 heterocycles. The van der Waals surface area contributed by atoms with Crippen molar-refractivity contribution in [3.63, 3.8) is 0 Å². The van der Waals surface area contributed by atoms with Crippen molar-refractivity contribution >= 4 is 5.69 Å². The number of anilines is 1. The van der Waals surface area contributed by atoms with Crippen molar-refractivity contribution in [2.45, 2.75) is 26.4 Å². The lowest BCUT2D eigenvalue weighted by Crippen LogP contribution is -2.49. The molecule has 1 aliphatic heterocycles. The fraction of sp³-hybridized carbons (Fsp3) is 0.632. The van der Waals surface area contributed by atoms with Gasteiger partial charge in [0.25, 0.3) is 0 Å². The minimum absolute atomic E-state index is 0.204. The number of piperazine rings is 1. The number of hydrogen-bond acceptors (Lipinski definition) is 7. The second kappa shape index (κ2) is 9.14. The maximum Gasteiger partial charge on any atom is 0.168 e. The topological polar surface area (TPSA) is 68.5 Å². The molecule has 8 heteroatoms. The predicted molar refractivity (Wildman–Crippen MR) is 104 cm³/mol. The van der Waals surface area contributed by atoms with E-state index in [9.17, 15) is 0 Å². The van der Waals surface area contributed by atoms with Crippen LogP contribution in [0.5, 0.6) is 5.75 Å². The zero-order chi connectivity index (χ0) is 19.2. The highest BCUT2D eigenvalue weighted by Crippen LogP contribution is 2.29. The second-order valence-corrected chi connectivity index (χ2v) is 7.16. The Morgan fingerprint density at radius 3 is 2.33 bits per heavy atom. The highest BCUT2D eigenvalue weighted by atomic mass is 16.5. The average Bonchev–Trinajstić information content (AvgIpc) is 3.15. The Balaban J connectivity index is 1.67. The molecule has 0 amide bonds. The van der Waals surface area contributed by atoms with Gasteiger partial charge < -0.3 is 14.4 Å². The van der Waals surface area contributed by atoms with Crippen LogP contribution in [0.2, 0.25) is 0 Å². The van der Waals surface area contributed by atoms with Crippen LogP contribution in [0.25, 0.3) is 0 Å². The van der Waals surface area contributed by atoms with Gasteiger partial charge in [-0.25, -0.2) is 4.68 Å². The minimum Gasteiger partial charge on any atom is -0.497 e. The zero-order valence-electron chi connectivity index (χ0n) is 16.7. The van der Waals surface area contributed by atoms with Crippen LogP contribution in [0.1, 0.15) is 25.7 Å². The summed E-state index contributed by atoms with van der Waals surface area (Å²) in [7, 11) is 3.39. The summed E-state index contributed by atoms with van der Waals surface area (Å²) < 4.78 is 12.3. The van der Waals surface area contributed by atoms with E-state index >= 15 is 0 Å².